The van der Waals surface area contributed by atoms with Crippen LogP contribution in [-0.2, 0) is 16.0 Å². The van der Waals surface area contributed by atoms with E-state index in [-0.39, 0.29) is 17.9 Å². The summed E-state index contributed by atoms with van der Waals surface area (Å²) in [4.78, 5) is 23.0. The van der Waals surface area contributed by atoms with Crippen molar-refractivity contribution in [2.75, 3.05) is 13.7 Å². The van der Waals surface area contributed by atoms with E-state index < -0.39 is 0 Å². The Morgan fingerprint density at radius 1 is 1.52 bits per heavy atom. The zero-order chi connectivity index (χ0) is 15.2. The molecule has 6 heteroatoms. The topological polar surface area (TPSA) is 67.4 Å². The Balaban J connectivity index is 1.78. The van der Waals surface area contributed by atoms with Gasteiger partial charge in [-0.1, -0.05) is 6.07 Å². The van der Waals surface area contributed by atoms with Gasteiger partial charge < -0.3 is 15.4 Å². The normalized spacial score (nSPS) is 18.0. The summed E-state index contributed by atoms with van der Waals surface area (Å²) in [6, 6.07) is 5.86. The molecule has 1 fully saturated rings. The Labute approximate surface area is 132 Å². The zero-order valence-corrected chi connectivity index (χ0v) is 13.5. The average molecular weight is 355 g/mol. The third kappa shape index (κ3) is 4.74. The van der Waals surface area contributed by atoms with Crippen molar-refractivity contribution in [3.05, 3.63) is 28.2 Å². The van der Waals surface area contributed by atoms with Crippen LogP contribution in [0.5, 0.6) is 5.75 Å². The van der Waals surface area contributed by atoms with Crippen molar-refractivity contribution in [3.8, 4) is 5.75 Å². The number of hydrogen-bond acceptors (Lipinski definition) is 3. The van der Waals surface area contributed by atoms with Crippen molar-refractivity contribution in [2.24, 2.45) is 0 Å². The van der Waals surface area contributed by atoms with Crippen LogP contribution in [0.4, 0.5) is 0 Å². The number of piperidine rings is 1. The molecule has 1 aromatic carbocycles. The maximum absolute atomic E-state index is 11.9. The SMILES string of the molecule is COc1ccc(CCC(=O)NC2CCC(=O)NC2)cc1Br. The van der Waals surface area contributed by atoms with Gasteiger partial charge >= 0.3 is 0 Å². The summed E-state index contributed by atoms with van der Waals surface area (Å²) >= 11 is 3.43. The minimum Gasteiger partial charge on any atom is -0.496 e. The first-order chi connectivity index (χ1) is 10.1. The van der Waals surface area contributed by atoms with Crippen LogP contribution in [0.15, 0.2) is 22.7 Å². The van der Waals surface area contributed by atoms with Gasteiger partial charge in [0.2, 0.25) is 11.8 Å². The van der Waals surface area contributed by atoms with Crippen LogP contribution in [0.3, 0.4) is 0 Å². The summed E-state index contributed by atoms with van der Waals surface area (Å²) in [5, 5.41) is 5.71. The second-order valence-corrected chi connectivity index (χ2v) is 5.93. The van der Waals surface area contributed by atoms with Crippen molar-refractivity contribution in [2.45, 2.75) is 31.7 Å². The third-order valence-electron chi connectivity index (χ3n) is 3.49. The fraction of sp³-hybridized carbons (Fsp3) is 0.467. The Morgan fingerprint density at radius 2 is 2.33 bits per heavy atom. The molecular formula is C15H19BrN2O3. The second-order valence-electron chi connectivity index (χ2n) is 5.08. The van der Waals surface area contributed by atoms with Gasteiger partial charge in [0.15, 0.2) is 0 Å². The van der Waals surface area contributed by atoms with Gasteiger partial charge in [0, 0.05) is 25.4 Å². The standard InChI is InChI=1S/C15H19BrN2O3/c1-21-13-5-2-10(8-12(13)16)3-6-15(20)18-11-4-7-14(19)17-9-11/h2,5,8,11H,3-4,6-7,9H2,1H3,(H,17,19)(H,18,20). The number of halogens is 1. The third-order valence-corrected chi connectivity index (χ3v) is 4.11. The highest BCUT2D eigenvalue weighted by Gasteiger charge is 2.19. The van der Waals surface area contributed by atoms with Crippen LogP contribution in [-0.4, -0.2) is 31.5 Å². The molecule has 0 radical (unpaired) electrons. The smallest absolute Gasteiger partial charge is 0.220 e. The second kappa shape index (κ2) is 7.45. The summed E-state index contributed by atoms with van der Waals surface area (Å²) in [5.74, 6) is 0.854. The summed E-state index contributed by atoms with van der Waals surface area (Å²) in [5.41, 5.74) is 1.08. The van der Waals surface area contributed by atoms with Crippen molar-refractivity contribution in [3.63, 3.8) is 0 Å². The van der Waals surface area contributed by atoms with Crippen LogP contribution < -0.4 is 15.4 Å². The Morgan fingerprint density at radius 3 is 2.95 bits per heavy atom. The summed E-state index contributed by atoms with van der Waals surface area (Å²) < 4.78 is 6.06. The fourth-order valence-electron chi connectivity index (χ4n) is 2.28. The van der Waals surface area contributed by atoms with E-state index >= 15 is 0 Å². The summed E-state index contributed by atoms with van der Waals surface area (Å²) in [7, 11) is 1.62. The predicted molar refractivity (Wildman–Crippen MR) is 83.2 cm³/mol. The molecule has 1 heterocycles. The fourth-order valence-corrected chi connectivity index (χ4v) is 2.87. The Kier molecular flexibility index (Phi) is 5.61. The Bertz CT molecular complexity index is 524. The molecule has 0 bridgehead atoms. The van der Waals surface area contributed by atoms with Crippen LogP contribution in [0.25, 0.3) is 0 Å². The van der Waals surface area contributed by atoms with E-state index in [0.29, 0.717) is 32.2 Å². The van der Waals surface area contributed by atoms with Gasteiger partial charge in [0.1, 0.15) is 5.75 Å². The molecule has 0 aliphatic carbocycles. The van der Waals surface area contributed by atoms with Crippen molar-refractivity contribution < 1.29 is 14.3 Å². The molecule has 0 spiro atoms. The number of amides is 2. The molecule has 2 amide bonds. The molecule has 5 nitrogen and oxygen atoms in total. The molecule has 21 heavy (non-hydrogen) atoms. The lowest BCUT2D eigenvalue weighted by Gasteiger charge is -2.23. The first-order valence-electron chi connectivity index (χ1n) is 6.97. The molecule has 1 aliphatic heterocycles. The van der Waals surface area contributed by atoms with Crippen LogP contribution in [0.1, 0.15) is 24.8 Å². The largest absolute Gasteiger partial charge is 0.496 e. The molecular weight excluding hydrogens is 336 g/mol. The summed E-state index contributed by atoms with van der Waals surface area (Å²) in [6.07, 6.45) is 2.30. The van der Waals surface area contributed by atoms with E-state index in [1.807, 2.05) is 18.2 Å². The number of rotatable bonds is 5. The number of hydrogen-bond donors (Lipinski definition) is 2. The number of nitrogens with one attached hydrogen (secondary N) is 2. The molecule has 114 valence electrons. The van der Waals surface area contributed by atoms with E-state index in [0.717, 1.165) is 15.8 Å². The van der Waals surface area contributed by atoms with E-state index in [2.05, 4.69) is 26.6 Å². The van der Waals surface area contributed by atoms with Crippen LogP contribution in [0.2, 0.25) is 0 Å². The lowest BCUT2D eigenvalue weighted by Crippen LogP contribution is -2.47. The maximum Gasteiger partial charge on any atom is 0.220 e. The van der Waals surface area contributed by atoms with Crippen LogP contribution in [0, 0.1) is 0 Å². The monoisotopic (exact) mass is 354 g/mol. The molecule has 1 aromatic rings. The van der Waals surface area contributed by atoms with E-state index in [9.17, 15) is 9.59 Å². The minimum atomic E-state index is 0.0167. The van der Waals surface area contributed by atoms with Crippen LogP contribution >= 0.6 is 15.9 Å². The van der Waals surface area contributed by atoms with Gasteiger partial charge in [-0.15, -0.1) is 0 Å². The molecule has 1 unspecified atom stereocenters. The molecule has 1 aliphatic rings. The molecule has 1 atom stereocenters. The van der Waals surface area contributed by atoms with Gasteiger partial charge in [-0.05, 0) is 46.5 Å². The highest BCUT2D eigenvalue weighted by atomic mass is 79.9. The molecule has 2 rings (SSSR count). The first kappa shape index (κ1) is 15.8. The van der Waals surface area contributed by atoms with E-state index in [4.69, 9.17) is 4.74 Å². The molecule has 1 saturated heterocycles. The lowest BCUT2D eigenvalue weighted by molar-refractivity contribution is -0.125. The molecule has 0 saturated carbocycles. The lowest BCUT2D eigenvalue weighted by atomic mass is 10.1. The first-order valence-corrected chi connectivity index (χ1v) is 7.76. The number of benzene rings is 1. The number of methoxy groups -OCH3 is 1. The van der Waals surface area contributed by atoms with Gasteiger partial charge in [-0.2, -0.15) is 0 Å². The maximum atomic E-state index is 11.9. The van der Waals surface area contributed by atoms with Crippen molar-refractivity contribution >= 4 is 27.7 Å². The van der Waals surface area contributed by atoms with E-state index in [1.165, 1.54) is 0 Å². The highest BCUT2D eigenvalue weighted by molar-refractivity contribution is 9.10. The van der Waals surface area contributed by atoms with Crippen molar-refractivity contribution in [1.82, 2.24) is 10.6 Å². The minimum absolute atomic E-state index is 0.0167. The predicted octanol–water partition coefficient (Wildman–Crippen LogP) is 1.79. The number of ether oxygens (including phenoxy) is 1. The van der Waals surface area contributed by atoms with Crippen molar-refractivity contribution in [1.29, 1.82) is 0 Å². The molecule has 2 N–H and O–H groups in total. The Hall–Kier alpha value is -1.56. The summed E-state index contributed by atoms with van der Waals surface area (Å²) in [6.45, 7) is 0.526. The number of carbonyl (C=O) groups excluding carboxylic acids is 2. The highest BCUT2D eigenvalue weighted by Crippen LogP contribution is 2.25. The number of carbonyl (C=O) groups is 2. The number of aryl methyl sites for hydroxylation is 1. The zero-order valence-electron chi connectivity index (χ0n) is 11.9. The quantitative estimate of drug-likeness (QED) is 0.846. The average Bonchev–Trinajstić information content (AvgIpc) is 2.48. The van der Waals surface area contributed by atoms with Gasteiger partial charge in [-0.25, -0.2) is 0 Å². The molecule has 0 aromatic heterocycles. The van der Waals surface area contributed by atoms with E-state index in [1.54, 1.807) is 7.11 Å². The van der Waals surface area contributed by atoms with Gasteiger partial charge in [0.25, 0.3) is 0 Å². The van der Waals surface area contributed by atoms with Gasteiger partial charge in [-0.3, -0.25) is 9.59 Å². The van der Waals surface area contributed by atoms with Gasteiger partial charge in [0.05, 0.1) is 11.6 Å².